The number of hydrogen-bond acceptors (Lipinski definition) is 5. The summed E-state index contributed by atoms with van der Waals surface area (Å²) in [5.41, 5.74) is 1.71. The predicted octanol–water partition coefficient (Wildman–Crippen LogP) is 5.17. The molecule has 0 radical (unpaired) electrons. The molecule has 1 aliphatic rings. The lowest BCUT2D eigenvalue weighted by Crippen LogP contribution is -2.28. The Balaban J connectivity index is 1.71. The molecule has 1 N–H and O–H groups in total. The summed E-state index contributed by atoms with van der Waals surface area (Å²) in [4.78, 5) is 37.0. The zero-order chi connectivity index (χ0) is 21.0. The summed E-state index contributed by atoms with van der Waals surface area (Å²) in [5, 5.41) is 8.82. The Labute approximate surface area is 180 Å². The van der Waals surface area contributed by atoms with Crippen LogP contribution in [0.2, 0.25) is 0 Å². The molecule has 2 aromatic rings. The molecule has 3 rings (SSSR count). The van der Waals surface area contributed by atoms with Gasteiger partial charge in [-0.3, -0.25) is 14.5 Å². The van der Waals surface area contributed by atoms with Crippen LogP contribution < -0.4 is 4.74 Å². The minimum Gasteiger partial charge on any atom is -0.488 e. The minimum absolute atomic E-state index is 0.206. The van der Waals surface area contributed by atoms with Crippen molar-refractivity contribution < 1.29 is 24.2 Å². The smallest absolute Gasteiger partial charge is 0.335 e. The van der Waals surface area contributed by atoms with Crippen LogP contribution in [0.15, 0.2) is 51.8 Å². The summed E-state index contributed by atoms with van der Waals surface area (Å²) in [7, 11) is 0. The summed E-state index contributed by atoms with van der Waals surface area (Å²) < 4.78 is 6.46. The molecule has 0 unspecified atom stereocenters. The van der Waals surface area contributed by atoms with Crippen LogP contribution in [-0.2, 0) is 11.4 Å². The average molecular weight is 476 g/mol. The Bertz CT molecular complexity index is 1000. The molecule has 0 saturated carbocycles. The van der Waals surface area contributed by atoms with Crippen LogP contribution in [0.4, 0.5) is 4.79 Å². The molecule has 0 aromatic heterocycles. The second-order valence-electron chi connectivity index (χ2n) is 6.32. The Kier molecular flexibility index (Phi) is 6.76. The zero-order valence-electron chi connectivity index (χ0n) is 15.6. The fourth-order valence-electron chi connectivity index (χ4n) is 2.75. The Morgan fingerprint density at radius 2 is 2.03 bits per heavy atom. The van der Waals surface area contributed by atoms with Gasteiger partial charge in [-0.05, 0) is 75.6 Å². The quantitative estimate of drug-likeness (QED) is 0.555. The molecule has 1 saturated heterocycles. The lowest BCUT2D eigenvalue weighted by atomic mass is 10.1. The number of aromatic carboxylic acids is 1. The van der Waals surface area contributed by atoms with E-state index < -0.39 is 5.97 Å². The van der Waals surface area contributed by atoms with Crippen molar-refractivity contribution in [1.29, 1.82) is 0 Å². The second kappa shape index (κ2) is 9.28. The maximum atomic E-state index is 12.3. The van der Waals surface area contributed by atoms with Crippen molar-refractivity contribution in [3.05, 3.63) is 68.5 Å². The highest BCUT2D eigenvalue weighted by Crippen LogP contribution is 2.34. The molecule has 1 aliphatic heterocycles. The highest BCUT2D eigenvalue weighted by Gasteiger charge is 2.34. The van der Waals surface area contributed by atoms with Gasteiger partial charge in [-0.2, -0.15) is 0 Å². The minimum atomic E-state index is -0.985. The molecule has 29 heavy (non-hydrogen) atoms. The van der Waals surface area contributed by atoms with E-state index in [0.29, 0.717) is 21.7 Å². The number of amides is 2. The van der Waals surface area contributed by atoms with Crippen molar-refractivity contribution in [1.82, 2.24) is 4.90 Å². The number of carboxylic acids is 1. The number of benzene rings is 2. The molecule has 0 atom stereocenters. The van der Waals surface area contributed by atoms with Crippen LogP contribution in [0.5, 0.6) is 5.75 Å². The van der Waals surface area contributed by atoms with Gasteiger partial charge in [0.25, 0.3) is 11.1 Å². The van der Waals surface area contributed by atoms with Gasteiger partial charge in [0.1, 0.15) is 12.4 Å². The second-order valence-corrected chi connectivity index (χ2v) is 8.16. The number of ether oxygens (including phenoxy) is 1. The molecular formula is C21H18BrNO5S. The summed E-state index contributed by atoms with van der Waals surface area (Å²) in [5.74, 6) is -0.667. The molecule has 2 aromatic carbocycles. The first kappa shape index (κ1) is 21.1. The third-order valence-corrected chi connectivity index (χ3v) is 5.67. The first-order valence-corrected chi connectivity index (χ1v) is 10.5. The third kappa shape index (κ3) is 5.07. The number of thioether (sulfide) groups is 1. The van der Waals surface area contributed by atoms with E-state index in [0.717, 1.165) is 29.3 Å². The summed E-state index contributed by atoms with van der Waals surface area (Å²) in [6.07, 6.45) is 2.41. The highest BCUT2D eigenvalue weighted by molar-refractivity contribution is 9.10. The number of carboxylic acid groups (broad SMARTS) is 1. The average Bonchev–Trinajstić information content (AvgIpc) is 2.95. The number of halogens is 1. The van der Waals surface area contributed by atoms with E-state index >= 15 is 0 Å². The van der Waals surface area contributed by atoms with E-state index in [1.165, 1.54) is 11.0 Å². The van der Waals surface area contributed by atoms with Crippen LogP contribution >= 0.6 is 27.7 Å². The zero-order valence-corrected chi connectivity index (χ0v) is 18.0. The van der Waals surface area contributed by atoms with E-state index in [1.54, 1.807) is 42.5 Å². The predicted molar refractivity (Wildman–Crippen MR) is 115 cm³/mol. The van der Waals surface area contributed by atoms with Gasteiger partial charge < -0.3 is 9.84 Å². The molecule has 150 valence electrons. The van der Waals surface area contributed by atoms with Gasteiger partial charge in [-0.25, -0.2) is 4.79 Å². The molecule has 1 fully saturated rings. The van der Waals surface area contributed by atoms with E-state index in [1.807, 2.05) is 6.92 Å². The van der Waals surface area contributed by atoms with E-state index in [-0.39, 0.29) is 23.3 Å². The van der Waals surface area contributed by atoms with Gasteiger partial charge in [0.15, 0.2) is 0 Å². The fraction of sp³-hybridized carbons (Fsp3) is 0.190. The number of nitrogens with zero attached hydrogens (tertiary/aromatic N) is 1. The first-order chi connectivity index (χ1) is 13.9. The van der Waals surface area contributed by atoms with Gasteiger partial charge in [0.2, 0.25) is 0 Å². The third-order valence-electron chi connectivity index (χ3n) is 4.14. The van der Waals surface area contributed by atoms with Crippen molar-refractivity contribution in [2.45, 2.75) is 20.0 Å². The van der Waals surface area contributed by atoms with Crippen molar-refractivity contribution in [3.8, 4) is 5.75 Å². The van der Waals surface area contributed by atoms with Gasteiger partial charge in [-0.15, -0.1) is 0 Å². The Hall–Kier alpha value is -2.58. The van der Waals surface area contributed by atoms with Gasteiger partial charge in [-0.1, -0.05) is 25.1 Å². The number of imide groups is 1. The van der Waals surface area contributed by atoms with Gasteiger partial charge in [0.05, 0.1) is 14.9 Å². The molecule has 0 bridgehead atoms. The number of carbonyl (C=O) groups is 3. The Morgan fingerprint density at radius 1 is 1.24 bits per heavy atom. The molecule has 0 aliphatic carbocycles. The fourth-order valence-corrected chi connectivity index (χ4v) is 4.12. The molecule has 6 nitrogen and oxygen atoms in total. The topological polar surface area (TPSA) is 83.9 Å². The summed E-state index contributed by atoms with van der Waals surface area (Å²) >= 11 is 4.40. The molecule has 2 amide bonds. The standard InChI is InChI=1S/C21H18BrNO5S/c1-2-8-23-19(24)18(29-21(23)27)11-13-6-7-17(16(22)10-13)28-12-14-4-3-5-15(9-14)20(25)26/h3-7,9-11H,2,8,12H2,1H3,(H,25,26)/b18-11+. The van der Waals surface area contributed by atoms with Crippen molar-refractivity contribution in [2.24, 2.45) is 0 Å². The normalized spacial score (nSPS) is 15.2. The number of rotatable bonds is 7. The number of carbonyl (C=O) groups excluding carboxylic acids is 2. The molecule has 0 spiro atoms. The monoisotopic (exact) mass is 475 g/mol. The van der Waals surface area contributed by atoms with E-state index in [4.69, 9.17) is 9.84 Å². The van der Waals surface area contributed by atoms with Crippen LogP contribution in [-0.4, -0.2) is 33.7 Å². The van der Waals surface area contributed by atoms with Crippen molar-refractivity contribution in [2.75, 3.05) is 6.54 Å². The number of hydrogen-bond donors (Lipinski definition) is 1. The van der Waals surface area contributed by atoms with Crippen molar-refractivity contribution in [3.63, 3.8) is 0 Å². The van der Waals surface area contributed by atoms with E-state index in [9.17, 15) is 14.4 Å². The maximum absolute atomic E-state index is 12.3. The maximum Gasteiger partial charge on any atom is 0.335 e. The van der Waals surface area contributed by atoms with Gasteiger partial charge in [0, 0.05) is 6.54 Å². The first-order valence-electron chi connectivity index (χ1n) is 8.89. The van der Waals surface area contributed by atoms with E-state index in [2.05, 4.69) is 15.9 Å². The molecule has 1 heterocycles. The highest BCUT2D eigenvalue weighted by atomic mass is 79.9. The van der Waals surface area contributed by atoms with Crippen LogP contribution in [0.1, 0.15) is 34.8 Å². The molecule has 8 heteroatoms. The summed E-state index contributed by atoms with van der Waals surface area (Å²) in [6.45, 7) is 2.55. The van der Waals surface area contributed by atoms with Crippen LogP contribution in [0.3, 0.4) is 0 Å². The Morgan fingerprint density at radius 3 is 2.72 bits per heavy atom. The van der Waals surface area contributed by atoms with Gasteiger partial charge >= 0.3 is 5.97 Å². The lowest BCUT2D eigenvalue weighted by Gasteiger charge is -2.10. The van der Waals surface area contributed by atoms with Crippen molar-refractivity contribution >= 4 is 50.9 Å². The largest absolute Gasteiger partial charge is 0.488 e. The van der Waals surface area contributed by atoms with Crippen LogP contribution in [0, 0.1) is 0 Å². The molecular weight excluding hydrogens is 458 g/mol. The summed E-state index contributed by atoms with van der Waals surface area (Å²) in [6, 6.07) is 11.9. The SMILES string of the molecule is CCCN1C(=O)S/C(=C/c2ccc(OCc3cccc(C(=O)O)c3)c(Br)c2)C1=O. The van der Waals surface area contributed by atoms with Crippen LogP contribution in [0.25, 0.3) is 6.08 Å². The lowest BCUT2D eigenvalue weighted by molar-refractivity contribution is -0.122.